The van der Waals surface area contributed by atoms with Gasteiger partial charge in [0.05, 0.1) is 15.3 Å². The zero-order chi connectivity index (χ0) is 23.6. The third kappa shape index (κ3) is 5.37. The van der Waals surface area contributed by atoms with Crippen LogP contribution in [0.3, 0.4) is 0 Å². The summed E-state index contributed by atoms with van der Waals surface area (Å²) in [5.74, 6) is -2.96. The van der Waals surface area contributed by atoms with Gasteiger partial charge in [0.15, 0.2) is 0 Å². The molecule has 1 fully saturated rings. The largest absolute Gasteiger partial charge is 0.407 e. The fourth-order valence-electron chi connectivity index (χ4n) is 3.53. The summed E-state index contributed by atoms with van der Waals surface area (Å²) >= 11 is 0.875. The highest BCUT2D eigenvalue weighted by Crippen LogP contribution is 2.29. The minimum Gasteiger partial charge on any atom is -0.407 e. The Morgan fingerprint density at radius 2 is 1.91 bits per heavy atom. The molecule has 32 heavy (non-hydrogen) atoms. The molecule has 1 aromatic heterocycles. The van der Waals surface area contributed by atoms with Crippen molar-refractivity contribution in [3.63, 3.8) is 0 Å². The first-order valence-electron chi connectivity index (χ1n) is 9.66. The van der Waals surface area contributed by atoms with Gasteiger partial charge in [0.1, 0.15) is 11.6 Å². The van der Waals surface area contributed by atoms with Crippen LogP contribution in [-0.4, -0.2) is 43.6 Å². The Morgan fingerprint density at radius 3 is 2.56 bits per heavy atom. The highest BCUT2D eigenvalue weighted by atomic mass is 32.2. The van der Waals surface area contributed by atoms with Crippen LogP contribution in [0.15, 0.2) is 39.5 Å². The fourth-order valence-corrected chi connectivity index (χ4v) is 6.35. The van der Waals surface area contributed by atoms with Gasteiger partial charge in [-0.2, -0.15) is 9.30 Å². The number of hydrogen-bond acceptors (Lipinski definition) is 6. The molecule has 0 aliphatic carbocycles. The molecule has 0 radical (unpaired) electrons. The van der Waals surface area contributed by atoms with Gasteiger partial charge in [0, 0.05) is 18.5 Å². The minimum absolute atomic E-state index is 0.00306. The third-order valence-electron chi connectivity index (χ3n) is 4.85. The Morgan fingerprint density at radius 1 is 1.25 bits per heavy atom. The van der Waals surface area contributed by atoms with Crippen molar-refractivity contribution in [2.45, 2.75) is 25.2 Å². The molecular weight excluding hydrogens is 462 g/mol. The molecule has 12 heteroatoms. The molecule has 3 rings (SSSR count). The highest BCUT2D eigenvalue weighted by Gasteiger charge is 2.32. The van der Waals surface area contributed by atoms with Crippen LogP contribution >= 0.6 is 11.3 Å². The lowest BCUT2D eigenvalue weighted by Crippen LogP contribution is -2.42. The van der Waals surface area contributed by atoms with E-state index in [9.17, 15) is 22.0 Å². The summed E-state index contributed by atoms with van der Waals surface area (Å²) in [5.41, 5.74) is 5.01. The lowest BCUT2D eigenvalue weighted by Gasteiger charge is -2.33. The molecular formula is C20H22F2N4O4S2. The molecule has 0 spiro atoms. The van der Waals surface area contributed by atoms with Crippen molar-refractivity contribution in [2.24, 2.45) is 22.6 Å². The van der Waals surface area contributed by atoms with E-state index in [1.54, 1.807) is 0 Å². The molecule has 8 nitrogen and oxygen atoms in total. The van der Waals surface area contributed by atoms with Gasteiger partial charge in [-0.1, -0.05) is 13.8 Å². The third-order valence-corrected chi connectivity index (χ3v) is 7.73. The first kappa shape index (κ1) is 24.0. The van der Waals surface area contributed by atoms with Gasteiger partial charge in [-0.25, -0.2) is 17.2 Å². The number of amidine groups is 1. The Bertz CT molecular complexity index is 1170. The average molecular weight is 485 g/mol. The van der Waals surface area contributed by atoms with E-state index in [-0.39, 0.29) is 21.6 Å². The molecule has 2 aromatic rings. The number of aliphatic imine (C=N–C) groups is 1. The van der Waals surface area contributed by atoms with Crippen LogP contribution in [0.25, 0.3) is 0 Å². The number of benzene rings is 1. The second-order valence-electron chi connectivity index (χ2n) is 7.73. The molecule has 1 aromatic carbocycles. The number of piperidine rings is 1. The van der Waals surface area contributed by atoms with E-state index in [0.717, 1.165) is 36.0 Å². The molecule has 1 aliphatic heterocycles. The van der Waals surface area contributed by atoms with Crippen molar-refractivity contribution >= 4 is 39.2 Å². The van der Waals surface area contributed by atoms with Crippen LogP contribution in [0.5, 0.6) is 0 Å². The lowest BCUT2D eigenvalue weighted by atomic mass is 9.94. The summed E-state index contributed by atoms with van der Waals surface area (Å²) < 4.78 is 59.1. The van der Waals surface area contributed by atoms with Crippen molar-refractivity contribution in [3.8, 4) is 0 Å². The Kier molecular flexibility index (Phi) is 7.06. The summed E-state index contributed by atoms with van der Waals surface area (Å²) in [5, 5.41) is 9.05. The zero-order valence-corrected chi connectivity index (χ0v) is 19.0. The number of thiophene rings is 1. The SMILES string of the molecule is C[C@@H]1C[C@H](C)CN(S(=O)(=O)c2csc(C(=O)N=C(N)OC(=N)c3cc(F)ccc3F)c2)C1. The first-order valence-corrected chi connectivity index (χ1v) is 12.0. The predicted molar refractivity (Wildman–Crippen MR) is 116 cm³/mol. The van der Waals surface area contributed by atoms with Crippen LogP contribution in [0.1, 0.15) is 35.5 Å². The molecule has 172 valence electrons. The maximum Gasteiger partial charge on any atom is 0.297 e. The summed E-state index contributed by atoms with van der Waals surface area (Å²) in [6.07, 6.45) is 0.946. The van der Waals surface area contributed by atoms with Gasteiger partial charge >= 0.3 is 0 Å². The van der Waals surface area contributed by atoms with Crippen LogP contribution in [-0.2, 0) is 14.8 Å². The van der Waals surface area contributed by atoms with E-state index < -0.39 is 45.0 Å². The minimum atomic E-state index is -3.76. The summed E-state index contributed by atoms with van der Waals surface area (Å²) in [7, 11) is -3.76. The zero-order valence-electron chi connectivity index (χ0n) is 17.3. The topological polar surface area (TPSA) is 126 Å². The normalized spacial score (nSPS) is 20.2. The lowest BCUT2D eigenvalue weighted by molar-refractivity contribution is 0.100. The molecule has 1 aliphatic rings. The van der Waals surface area contributed by atoms with Crippen molar-refractivity contribution in [2.75, 3.05) is 13.1 Å². The first-order chi connectivity index (χ1) is 15.0. The maximum absolute atomic E-state index is 13.7. The van der Waals surface area contributed by atoms with Gasteiger partial charge in [-0.05, 0) is 42.5 Å². The standard InChI is InChI=1S/C20H22F2N4O4S2/c1-11-5-12(2)9-26(8-11)32(28,29)14-7-17(31-10-14)19(27)25-20(24)30-18(23)15-6-13(21)3-4-16(15)22/h3-4,6-7,10-12,23H,5,8-9H2,1-2H3,(H2,24,25,27)/t11-,12+. The predicted octanol–water partition coefficient (Wildman–Crippen LogP) is 3.19. The van der Waals surface area contributed by atoms with Crippen molar-refractivity contribution in [1.82, 2.24) is 4.31 Å². The fraction of sp³-hybridized carbons (Fsp3) is 0.350. The van der Waals surface area contributed by atoms with Crippen molar-refractivity contribution < 1.29 is 26.7 Å². The van der Waals surface area contributed by atoms with E-state index in [2.05, 4.69) is 4.99 Å². The van der Waals surface area contributed by atoms with Gasteiger partial charge in [-0.3, -0.25) is 10.2 Å². The Labute approximate surface area is 188 Å². The van der Waals surface area contributed by atoms with E-state index in [0.29, 0.717) is 13.1 Å². The van der Waals surface area contributed by atoms with Gasteiger partial charge in [0.25, 0.3) is 11.9 Å². The average Bonchev–Trinajstić information content (AvgIpc) is 3.20. The number of nitrogens with zero attached hydrogens (tertiary/aromatic N) is 2. The number of nitrogens with two attached hydrogens (primary N) is 1. The number of carbonyl (C=O) groups is 1. The van der Waals surface area contributed by atoms with E-state index >= 15 is 0 Å². The number of rotatable bonds is 4. The maximum atomic E-state index is 13.7. The monoisotopic (exact) mass is 484 g/mol. The molecule has 0 bridgehead atoms. The molecule has 0 unspecified atom stereocenters. The van der Waals surface area contributed by atoms with Crippen LogP contribution in [0, 0.1) is 28.9 Å². The number of sulfonamides is 1. The number of ether oxygens (including phenoxy) is 1. The van der Waals surface area contributed by atoms with Crippen molar-refractivity contribution in [1.29, 1.82) is 5.41 Å². The summed E-state index contributed by atoms with van der Waals surface area (Å²) in [4.78, 5) is 15.8. The molecule has 0 saturated carbocycles. The van der Waals surface area contributed by atoms with Crippen molar-refractivity contribution in [3.05, 3.63) is 51.7 Å². The Balaban J connectivity index is 1.73. The molecule has 2 heterocycles. The van der Waals surface area contributed by atoms with Crippen LogP contribution in [0.4, 0.5) is 8.78 Å². The molecule has 3 N–H and O–H groups in total. The number of halogens is 2. The molecule has 1 amide bonds. The smallest absolute Gasteiger partial charge is 0.297 e. The van der Waals surface area contributed by atoms with Gasteiger partial charge in [-0.15, -0.1) is 11.3 Å². The molecule has 1 saturated heterocycles. The quantitative estimate of drug-likeness (QED) is 0.509. The summed E-state index contributed by atoms with van der Waals surface area (Å²) in [6.45, 7) is 4.80. The van der Waals surface area contributed by atoms with Crippen LogP contribution < -0.4 is 5.73 Å². The number of hydrogen-bond donors (Lipinski definition) is 2. The van der Waals surface area contributed by atoms with Gasteiger partial charge in [0.2, 0.25) is 15.9 Å². The highest BCUT2D eigenvalue weighted by molar-refractivity contribution is 7.89. The Hall–Kier alpha value is -2.70. The number of carbonyl (C=O) groups excluding carboxylic acids is 1. The summed E-state index contributed by atoms with van der Waals surface area (Å²) in [6, 6.07) is 2.88. The van der Waals surface area contributed by atoms with E-state index in [4.69, 9.17) is 15.9 Å². The molecule has 2 atom stereocenters. The number of amides is 1. The van der Waals surface area contributed by atoms with E-state index in [1.807, 2.05) is 13.8 Å². The second kappa shape index (κ2) is 9.43. The van der Waals surface area contributed by atoms with Crippen LogP contribution in [0.2, 0.25) is 0 Å². The van der Waals surface area contributed by atoms with Gasteiger partial charge < -0.3 is 10.5 Å². The number of nitrogens with one attached hydrogen (secondary N) is 1. The second-order valence-corrected chi connectivity index (χ2v) is 10.6. The van der Waals surface area contributed by atoms with E-state index in [1.165, 1.54) is 15.8 Å².